The molecule has 2 aromatic heterocycles. The molecule has 1 N–H and O–H groups in total. The molecule has 3 aromatic rings. The number of carbonyl (C=O) groups excluding carboxylic acids is 1. The molecule has 0 bridgehead atoms. The summed E-state index contributed by atoms with van der Waals surface area (Å²) in [6.45, 7) is 3.93. The predicted molar refractivity (Wildman–Crippen MR) is 115 cm³/mol. The Hall–Kier alpha value is -3.25. The van der Waals surface area contributed by atoms with Gasteiger partial charge in [-0.05, 0) is 18.2 Å². The molecule has 11 nitrogen and oxygen atoms in total. The Balaban J connectivity index is 1.88. The molecule has 0 saturated carbocycles. The third kappa shape index (κ3) is 4.03. The van der Waals surface area contributed by atoms with Gasteiger partial charge in [0, 0.05) is 32.9 Å². The molecule has 0 saturated heterocycles. The Morgan fingerprint density at radius 3 is 2.45 bits per heavy atom. The fourth-order valence-corrected chi connectivity index (χ4v) is 4.82. The molecule has 2 heterocycles. The monoisotopic (exact) mass is 448 g/mol. The first-order valence-electron chi connectivity index (χ1n) is 9.62. The first kappa shape index (κ1) is 22.4. The largest absolute Gasteiger partial charge is 0.332 e. The van der Waals surface area contributed by atoms with Crippen LogP contribution in [0.5, 0.6) is 0 Å². The Morgan fingerprint density at radius 1 is 1.13 bits per heavy atom. The highest BCUT2D eigenvalue weighted by atomic mass is 32.2. The van der Waals surface area contributed by atoms with Gasteiger partial charge in [0.15, 0.2) is 11.2 Å². The van der Waals surface area contributed by atoms with Crippen molar-refractivity contribution in [3.63, 3.8) is 0 Å². The van der Waals surface area contributed by atoms with Gasteiger partial charge in [0.25, 0.3) is 5.56 Å². The Morgan fingerprint density at radius 2 is 1.81 bits per heavy atom. The number of aryl methyl sites for hydroxylation is 1. The smallest absolute Gasteiger partial charge is 0.324 e. The number of benzene rings is 1. The number of anilines is 1. The van der Waals surface area contributed by atoms with Crippen LogP contribution in [0.2, 0.25) is 0 Å². The molecule has 0 aliphatic rings. The molecule has 0 radical (unpaired) electrons. The molecule has 12 heteroatoms. The number of hydrogen-bond donors (Lipinski definition) is 1. The molecule has 0 aliphatic heterocycles. The summed E-state index contributed by atoms with van der Waals surface area (Å²) in [7, 11) is -0.827. The van der Waals surface area contributed by atoms with Gasteiger partial charge in [0.05, 0.1) is 11.2 Å². The third-order valence-corrected chi connectivity index (χ3v) is 7.04. The van der Waals surface area contributed by atoms with Crippen molar-refractivity contribution in [3.8, 4) is 0 Å². The van der Waals surface area contributed by atoms with E-state index < -0.39 is 27.2 Å². The van der Waals surface area contributed by atoms with Gasteiger partial charge in [-0.15, -0.1) is 0 Å². The lowest BCUT2D eigenvalue weighted by Gasteiger charge is -2.18. The number of hydrogen-bond acceptors (Lipinski definition) is 6. The molecule has 0 unspecified atom stereocenters. The highest BCUT2D eigenvalue weighted by Crippen LogP contribution is 2.19. The van der Waals surface area contributed by atoms with Crippen molar-refractivity contribution < 1.29 is 13.2 Å². The first-order chi connectivity index (χ1) is 14.6. The minimum absolute atomic E-state index is 0.0750. The molecular weight excluding hydrogens is 424 g/mol. The van der Waals surface area contributed by atoms with Gasteiger partial charge in [-0.25, -0.2) is 18.2 Å². The lowest BCUT2D eigenvalue weighted by Crippen LogP contribution is -2.37. The van der Waals surface area contributed by atoms with E-state index in [-0.39, 0.29) is 22.6 Å². The van der Waals surface area contributed by atoms with Crippen LogP contribution >= 0.6 is 0 Å². The van der Waals surface area contributed by atoms with E-state index in [0.717, 1.165) is 4.57 Å². The average molecular weight is 449 g/mol. The van der Waals surface area contributed by atoms with Crippen LogP contribution in [0.25, 0.3) is 11.2 Å². The fourth-order valence-electron chi connectivity index (χ4n) is 3.32. The lowest BCUT2D eigenvalue weighted by molar-refractivity contribution is -0.116. The van der Waals surface area contributed by atoms with Crippen LogP contribution < -0.4 is 16.6 Å². The topological polar surface area (TPSA) is 128 Å². The molecule has 1 aromatic carbocycles. The highest BCUT2D eigenvalue weighted by molar-refractivity contribution is 7.89. The van der Waals surface area contributed by atoms with Gasteiger partial charge in [-0.2, -0.15) is 4.31 Å². The minimum Gasteiger partial charge on any atom is -0.324 e. The summed E-state index contributed by atoms with van der Waals surface area (Å²) < 4.78 is 30.2. The van der Waals surface area contributed by atoms with E-state index in [2.05, 4.69) is 10.3 Å². The molecule has 0 aliphatic carbocycles. The van der Waals surface area contributed by atoms with Crippen LogP contribution in [0, 0.1) is 0 Å². The summed E-state index contributed by atoms with van der Waals surface area (Å²) in [4.78, 5) is 41.2. The van der Waals surface area contributed by atoms with Crippen molar-refractivity contribution in [2.45, 2.75) is 25.3 Å². The zero-order valence-electron chi connectivity index (χ0n) is 17.7. The van der Waals surface area contributed by atoms with Gasteiger partial charge in [0.2, 0.25) is 15.9 Å². The molecule has 166 valence electrons. The van der Waals surface area contributed by atoms with Crippen LogP contribution in [0.4, 0.5) is 5.69 Å². The Labute approximate surface area is 178 Å². The van der Waals surface area contributed by atoms with Crippen molar-refractivity contribution >= 4 is 32.8 Å². The zero-order valence-corrected chi connectivity index (χ0v) is 18.5. The maximum atomic E-state index is 12.7. The number of nitrogens with zero attached hydrogens (tertiary/aromatic N) is 5. The number of sulfonamides is 1. The van der Waals surface area contributed by atoms with Crippen LogP contribution in [0.1, 0.15) is 13.8 Å². The number of amides is 1. The quantitative estimate of drug-likeness (QED) is 0.546. The summed E-state index contributed by atoms with van der Waals surface area (Å²) in [6.07, 6.45) is 1.31. The van der Waals surface area contributed by atoms with E-state index >= 15 is 0 Å². The first-order valence-corrected chi connectivity index (χ1v) is 11.1. The summed E-state index contributed by atoms with van der Waals surface area (Å²) in [6, 6.07) is 5.98. The number of carbonyl (C=O) groups is 1. The Kier molecular flexibility index (Phi) is 6.13. The number of fused-ring (bicyclic) bond motifs is 1. The third-order valence-electron chi connectivity index (χ3n) is 4.99. The molecule has 3 rings (SSSR count). The van der Waals surface area contributed by atoms with Crippen molar-refractivity contribution in [2.75, 3.05) is 18.4 Å². The number of rotatable bonds is 7. The van der Waals surface area contributed by atoms with E-state index in [0.29, 0.717) is 18.8 Å². The zero-order chi connectivity index (χ0) is 22.9. The van der Waals surface area contributed by atoms with Crippen LogP contribution in [0.3, 0.4) is 0 Å². The number of nitrogens with one attached hydrogen (secondary N) is 1. The van der Waals surface area contributed by atoms with Gasteiger partial charge >= 0.3 is 5.69 Å². The molecule has 31 heavy (non-hydrogen) atoms. The van der Waals surface area contributed by atoms with Gasteiger partial charge in [-0.3, -0.25) is 18.7 Å². The SMILES string of the molecule is CCN(CC)S(=O)(=O)c1cccc(NC(=O)Cn2cnc3c2c(=O)n(C)c(=O)n3C)c1. The molecular formula is C19H24N6O5S. The van der Waals surface area contributed by atoms with Gasteiger partial charge in [-0.1, -0.05) is 19.9 Å². The second-order valence-corrected chi connectivity index (χ2v) is 8.85. The lowest BCUT2D eigenvalue weighted by atomic mass is 10.3. The minimum atomic E-state index is -3.67. The van der Waals surface area contributed by atoms with Crippen molar-refractivity contribution in [1.82, 2.24) is 23.0 Å². The second kappa shape index (κ2) is 8.47. The molecule has 0 atom stereocenters. The maximum Gasteiger partial charge on any atom is 0.332 e. The van der Waals surface area contributed by atoms with E-state index in [9.17, 15) is 22.8 Å². The highest BCUT2D eigenvalue weighted by Gasteiger charge is 2.22. The van der Waals surface area contributed by atoms with Crippen LogP contribution in [-0.2, 0) is 35.5 Å². The number of imidazole rings is 1. The standard InChI is InChI=1S/C19H24N6O5S/c1-5-25(6-2)31(29,30)14-9-7-8-13(10-14)21-15(26)11-24-12-20-17-16(24)18(27)23(4)19(28)22(17)3/h7-10,12H,5-6,11H2,1-4H3,(H,21,26). The van der Waals surface area contributed by atoms with E-state index in [1.165, 1.54) is 46.0 Å². The normalized spacial score (nSPS) is 11.9. The molecule has 0 spiro atoms. The summed E-state index contributed by atoms with van der Waals surface area (Å²) in [5.74, 6) is -0.479. The average Bonchev–Trinajstić information content (AvgIpc) is 3.15. The predicted octanol–water partition coefficient (Wildman–Crippen LogP) is 0.103. The van der Waals surface area contributed by atoms with E-state index in [1.807, 2.05) is 0 Å². The summed E-state index contributed by atoms with van der Waals surface area (Å²) in [5, 5.41) is 2.64. The fraction of sp³-hybridized carbons (Fsp3) is 0.368. The van der Waals surface area contributed by atoms with Crippen LogP contribution in [0.15, 0.2) is 45.1 Å². The molecule has 1 amide bonds. The van der Waals surface area contributed by atoms with Crippen molar-refractivity contribution in [1.29, 1.82) is 0 Å². The number of aromatic nitrogens is 4. The van der Waals surface area contributed by atoms with Crippen LogP contribution in [-0.4, -0.2) is 50.4 Å². The second-order valence-electron chi connectivity index (χ2n) is 6.92. The summed E-state index contributed by atoms with van der Waals surface area (Å²) in [5.41, 5.74) is -0.470. The Bertz CT molecular complexity index is 1360. The van der Waals surface area contributed by atoms with Gasteiger partial charge < -0.3 is 9.88 Å². The van der Waals surface area contributed by atoms with Gasteiger partial charge in [0.1, 0.15) is 6.54 Å². The van der Waals surface area contributed by atoms with Crippen molar-refractivity contribution in [3.05, 3.63) is 51.4 Å². The molecule has 0 fully saturated rings. The van der Waals surface area contributed by atoms with Crippen molar-refractivity contribution in [2.24, 2.45) is 14.1 Å². The maximum absolute atomic E-state index is 12.7. The van der Waals surface area contributed by atoms with E-state index in [4.69, 9.17) is 0 Å². The van der Waals surface area contributed by atoms with E-state index in [1.54, 1.807) is 26.0 Å². The summed E-state index contributed by atoms with van der Waals surface area (Å²) >= 11 is 0.